The second-order valence-corrected chi connectivity index (χ2v) is 5.49. The molecule has 6 heteroatoms. The Morgan fingerprint density at radius 1 is 1.33 bits per heavy atom. The van der Waals surface area contributed by atoms with Crippen molar-refractivity contribution < 1.29 is 19.8 Å². The Hall–Kier alpha value is -1.92. The number of amides is 1. The molecule has 1 unspecified atom stereocenters. The third-order valence-electron chi connectivity index (χ3n) is 3.40. The number of nitrogens with zero attached hydrogens (tertiary/aromatic N) is 1. The minimum absolute atomic E-state index is 0.0458. The number of carbonyl (C=O) groups excluding carboxylic acids is 1. The van der Waals surface area contributed by atoms with Crippen LogP contribution in [0.3, 0.4) is 0 Å². The van der Waals surface area contributed by atoms with E-state index in [9.17, 15) is 14.7 Å². The number of carbonyl (C=O) groups is 2. The minimum Gasteiger partial charge on any atom is -0.480 e. The molecule has 0 aliphatic heterocycles. The van der Waals surface area contributed by atoms with Crippen LogP contribution in [-0.2, 0) is 9.59 Å². The van der Waals surface area contributed by atoms with E-state index in [1.807, 2.05) is 0 Å². The number of nitrogens with one attached hydrogen (secondary N) is 1. The predicted molar refractivity (Wildman–Crippen MR) is 77.9 cm³/mol. The first-order chi connectivity index (χ1) is 9.95. The molecule has 0 aromatic heterocycles. The highest BCUT2D eigenvalue weighted by Crippen LogP contribution is 2.30. The molecule has 6 nitrogen and oxygen atoms in total. The maximum Gasteiger partial charge on any atom is 0.317 e. The zero-order chi connectivity index (χ0) is 15.4. The molecule has 114 valence electrons. The van der Waals surface area contributed by atoms with Gasteiger partial charge in [0.1, 0.15) is 0 Å². The largest absolute Gasteiger partial charge is 0.480 e. The zero-order valence-electron chi connectivity index (χ0n) is 12.0. The van der Waals surface area contributed by atoms with Gasteiger partial charge in [-0.2, -0.15) is 0 Å². The summed E-state index contributed by atoms with van der Waals surface area (Å²) in [5.74, 6) is -0.729. The molecule has 0 heterocycles. The van der Waals surface area contributed by atoms with Crippen molar-refractivity contribution in [1.29, 1.82) is 0 Å². The molecular weight excluding hydrogens is 272 g/mol. The lowest BCUT2D eigenvalue weighted by Gasteiger charge is -2.19. The summed E-state index contributed by atoms with van der Waals surface area (Å²) in [6, 6.07) is 6.97. The van der Waals surface area contributed by atoms with Crippen LogP contribution in [0, 0.1) is 5.92 Å². The Morgan fingerprint density at radius 3 is 2.48 bits per heavy atom. The van der Waals surface area contributed by atoms with Gasteiger partial charge in [0.2, 0.25) is 5.91 Å². The first-order valence-electron chi connectivity index (χ1n) is 6.95. The van der Waals surface area contributed by atoms with Crippen LogP contribution < -0.4 is 5.32 Å². The molecule has 1 saturated carbocycles. The SMILES string of the molecule is CN(CC(=O)O)CC(O)c1ccc(NC(=O)C2CC2)cc1. The van der Waals surface area contributed by atoms with Crippen molar-refractivity contribution in [2.75, 3.05) is 25.5 Å². The summed E-state index contributed by atoms with van der Waals surface area (Å²) < 4.78 is 0. The first-order valence-corrected chi connectivity index (χ1v) is 6.95. The highest BCUT2D eigenvalue weighted by Gasteiger charge is 2.29. The van der Waals surface area contributed by atoms with Gasteiger partial charge >= 0.3 is 5.97 Å². The van der Waals surface area contributed by atoms with Crippen molar-refractivity contribution in [3.8, 4) is 0 Å². The van der Waals surface area contributed by atoms with Crippen molar-refractivity contribution in [1.82, 2.24) is 4.90 Å². The molecule has 1 aliphatic rings. The molecule has 2 rings (SSSR count). The number of hydrogen-bond donors (Lipinski definition) is 3. The number of carboxylic acids is 1. The van der Waals surface area contributed by atoms with Gasteiger partial charge in [-0.1, -0.05) is 12.1 Å². The predicted octanol–water partition coefficient (Wildman–Crippen LogP) is 1.08. The highest BCUT2D eigenvalue weighted by molar-refractivity contribution is 5.94. The number of hydrogen-bond acceptors (Lipinski definition) is 4. The van der Waals surface area contributed by atoms with E-state index in [4.69, 9.17) is 5.11 Å². The highest BCUT2D eigenvalue weighted by atomic mass is 16.4. The molecule has 3 N–H and O–H groups in total. The van der Waals surface area contributed by atoms with Crippen molar-refractivity contribution in [2.45, 2.75) is 18.9 Å². The standard InChI is InChI=1S/C15H20N2O4/c1-17(9-14(19)20)8-13(18)10-4-6-12(7-5-10)16-15(21)11-2-3-11/h4-7,11,13,18H,2-3,8-9H2,1H3,(H,16,21)(H,19,20). The molecule has 1 aliphatic carbocycles. The van der Waals surface area contributed by atoms with Gasteiger partial charge in [0.05, 0.1) is 12.6 Å². The number of rotatable bonds is 7. The molecule has 0 radical (unpaired) electrons. The summed E-state index contributed by atoms with van der Waals surface area (Å²) in [6.07, 6.45) is 1.15. The van der Waals surface area contributed by atoms with Crippen LogP contribution in [0.2, 0.25) is 0 Å². The Morgan fingerprint density at radius 2 is 1.95 bits per heavy atom. The van der Waals surface area contributed by atoms with Crippen LogP contribution in [0.15, 0.2) is 24.3 Å². The lowest BCUT2D eigenvalue weighted by Crippen LogP contribution is -2.29. The van der Waals surface area contributed by atoms with Crippen molar-refractivity contribution in [2.24, 2.45) is 5.92 Å². The summed E-state index contributed by atoms with van der Waals surface area (Å²) in [5.41, 5.74) is 1.40. The van der Waals surface area contributed by atoms with Gasteiger partial charge < -0.3 is 15.5 Å². The molecule has 21 heavy (non-hydrogen) atoms. The van der Waals surface area contributed by atoms with Crippen LogP contribution in [0.25, 0.3) is 0 Å². The fourth-order valence-electron chi connectivity index (χ4n) is 2.07. The zero-order valence-corrected chi connectivity index (χ0v) is 12.0. The molecule has 1 atom stereocenters. The Balaban J connectivity index is 1.88. The second-order valence-electron chi connectivity index (χ2n) is 5.49. The number of aliphatic carboxylic acids is 1. The normalized spacial score (nSPS) is 15.8. The van der Waals surface area contributed by atoms with E-state index in [0.29, 0.717) is 11.3 Å². The van der Waals surface area contributed by atoms with Crippen LogP contribution in [0.1, 0.15) is 24.5 Å². The Kier molecular flexibility index (Phi) is 4.93. The third kappa shape index (κ3) is 4.84. The summed E-state index contributed by atoms with van der Waals surface area (Å²) >= 11 is 0. The topological polar surface area (TPSA) is 89.9 Å². The van der Waals surface area contributed by atoms with E-state index in [2.05, 4.69) is 5.32 Å². The van der Waals surface area contributed by atoms with Crippen LogP contribution in [0.5, 0.6) is 0 Å². The molecule has 1 aromatic carbocycles. The Labute approximate surface area is 123 Å². The van der Waals surface area contributed by atoms with Crippen LogP contribution in [-0.4, -0.2) is 47.1 Å². The fraction of sp³-hybridized carbons (Fsp3) is 0.467. The van der Waals surface area contributed by atoms with Gasteiger partial charge in [-0.25, -0.2) is 0 Å². The van der Waals surface area contributed by atoms with Gasteiger partial charge in [-0.3, -0.25) is 14.5 Å². The van der Waals surface area contributed by atoms with Gasteiger partial charge in [-0.05, 0) is 37.6 Å². The molecule has 0 bridgehead atoms. The molecule has 1 fully saturated rings. The molecule has 0 spiro atoms. The summed E-state index contributed by atoms with van der Waals surface area (Å²) in [4.78, 5) is 23.7. The fourth-order valence-corrected chi connectivity index (χ4v) is 2.07. The summed E-state index contributed by atoms with van der Waals surface area (Å²) in [5, 5.41) is 21.6. The van der Waals surface area contributed by atoms with E-state index in [1.54, 1.807) is 31.3 Å². The maximum absolute atomic E-state index is 11.6. The minimum atomic E-state index is -0.928. The van der Waals surface area contributed by atoms with Crippen molar-refractivity contribution >= 4 is 17.6 Å². The third-order valence-corrected chi connectivity index (χ3v) is 3.40. The molecular formula is C15H20N2O4. The monoisotopic (exact) mass is 292 g/mol. The van der Waals surface area contributed by atoms with Gasteiger partial charge in [0.15, 0.2) is 0 Å². The average Bonchev–Trinajstić information content (AvgIpc) is 3.22. The smallest absolute Gasteiger partial charge is 0.317 e. The Bertz CT molecular complexity index is 511. The number of carboxylic acid groups (broad SMARTS) is 1. The van der Waals surface area contributed by atoms with Gasteiger partial charge in [0, 0.05) is 18.2 Å². The first kappa shape index (κ1) is 15.5. The van der Waals surface area contributed by atoms with E-state index >= 15 is 0 Å². The van der Waals surface area contributed by atoms with E-state index < -0.39 is 12.1 Å². The van der Waals surface area contributed by atoms with E-state index in [1.165, 1.54) is 4.90 Å². The number of likely N-dealkylation sites (N-methyl/N-ethyl adjacent to an activating group) is 1. The second kappa shape index (κ2) is 6.69. The van der Waals surface area contributed by atoms with Gasteiger partial charge in [-0.15, -0.1) is 0 Å². The van der Waals surface area contributed by atoms with E-state index in [0.717, 1.165) is 12.8 Å². The maximum atomic E-state index is 11.6. The van der Waals surface area contributed by atoms with E-state index in [-0.39, 0.29) is 24.9 Å². The lowest BCUT2D eigenvalue weighted by atomic mass is 10.1. The van der Waals surface area contributed by atoms with Gasteiger partial charge in [0.25, 0.3) is 0 Å². The summed E-state index contributed by atoms with van der Waals surface area (Å²) in [6.45, 7) is 0.118. The molecule has 1 aromatic rings. The number of benzene rings is 1. The van der Waals surface area contributed by atoms with Crippen molar-refractivity contribution in [3.05, 3.63) is 29.8 Å². The molecule has 1 amide bonds. The summed E-state index contributed by atoms with van der Waals surface area (Å²) in [7, 11) is 1.64. The number of anilines is 1. The molecule has 0 saturated heterocycles. The average molecular weight is 292 g/mol. The lowest BCUT2D eigenvalue weighted by molar-refractivity contribution is -0.138. The number of aliphatic hydroxyl groups excluding tert-OH is 1. The van der Waals surface area contributed by atoms with Crippen LogP contribution >= 0.6 is 0 Å². The number of aliphatic hydroxyl groups is 1. The quantitative estimate of drug-likeness (QED) is 0.700. The van der Waals surface area contributed by atoms with Crippen LogP contribution in [0.4, 0.5) is 5.69 Å². The van der Waals surface area contributed by atoms with Crippen molar-refractivity contribution in [3.63, 3.8) is 0 Å².